The van der Waals surface area contributed by atoms with E-state index in [9.17, 15) is 4.79 Å². The predicted octanol–water partition coefficient (Wildman–Crippen LogP) is 1.14. The molecule has 0 aromatic heterocycles. The fraction of sp³-hybridized carbons (Fsp3) is 0.500. The van der Waals surface area contributed by atoms with Crippen LogP contribution in [0.2, 0.25) is 0 Å². The molecule has 1 unspecified atom stereocenters. The van der Waals surface area contributed by atoms with E-state index in [1.54, 1.807) is 17.0 Å². The first-order valence-corrected chi connectivity index (χ1v) is 6.64. The largest absolute Gasteiger partial charge is 0.340 e. The average Bonchev–Trinajstić information content (AvgIpc) is 2.83. The van der Waals surface area contributed by atoms with Gasteiger partial charge in [0.2, 0.25) is 0 Å². The third-order valence-electron chi connectivity index (χ3n) is 3.80. The molecule has 1 fully saturated rings. The van der Waals surface area contributed by atoms with Gasteiger partial charge in [0.05, 0.1) is 0 Å². The minimum Gasteiger partial charge on any atom is -0.340 e. The summed E-state index contributed by atoms with van der Waals surface area (Å²) in [6.07, 6.45) is 2.39. The lowest BCUT2D eigenvalue weighted by Gasteiger charge is -2.26. The molecule has 0 saturated carbocycles. The second-order valence-electron chi connectivity index (χ2n) is 5.18. The summed E-state index contributed by atoms with van der Waals surface area (Å²) in [5.74, 6) is 5.37. The number of nitrogens with two attached hydrogens (primary N) is 1. The lowest BCUT2D eigenvalue weighted by atomic mass is 10.1. The van der Waals surface area contributed by atoms with E-state index in [1.165, 1.54) is 12.8 Å². The maximum Gasteiger partial charge on any atom is 0.253 e. The van der Waals surface area contributed by atoms with Crippen LogP contribution in [0.1, 0.15) is 23.2 Å². The predicted molar refractivity (Wildman–Crippen MR) is 76.9 cm³/mol. The first kappa shape index (κ1) is 13.8. The van der Waals surface area contributed by atoms with E-state index in [4.69, 9.17) is 5.84 Å². The Morgan fingerprint density at radius 2 is 2.16 bits per heavy atom. The van der Waals surface area contributed by atoms with Gasteiger partial charge in [-0.2, -0.15) is 0 Å². The number of likely N-dealkylation sites (N-methyl/N-ethyl adjacent to an activating group) is 2. The Bertz CT molecular complexity index is 432. The van der Waals surface area contributed by atoms with Gasteiger partial charge in [0.15, 0.2) is 0 Å². The molecule has 1 amide bonds. The van der Waals surface area contributed by atoms with Crippen LogP contribution in [0.4, 0.5) is 5.69 Å². The molecule has 19 heavy (non-hydrogen) atoms. The topological polar surface area (TPSA) is 61.6 Å². The molecule has 1 aliphatic heterocycles. The Labute approximate surface area is 114 Å². The number of carbonyl (C=O) groups excluding carboxylic acids is 1. The van der Waals surface area contributed by atoms with Gasteiger partial charge < -0.3 is 15.2 Å². The summed E-state index contributed by atoms with van der Waals surface area (Å²) in [5, 5.41) is 0. The number of amides is 1. The minimum atomic E-state index is 0.0591. The number of hydrogen-bond acceptors (Lipinski definition) is 4. The molecule has 0 radical (unpaired) electrons. The Morgan fingerprint density at radius 3 is 2.68 bits per heavy atom. The second kappa shape index (κ2) is 6.04. The van der Waals surface area contributed by atoms with E-state index < -0.39 is 0 Å². The molecule has 1 aromatic carbocycles. The summed E-state index contributed by atoms with van der Waals surface area (Å²) in [5.41, 5.74) is 4.05. The third kappa shape index (κ3) is 3.24. The molecule has 5 heteroatoms. The number of anilines is 1. The van der Waals surface area contributed by atoms with Gasteiger partial charge in [-0.1, -0.05) is 0 Å². The number of benzene rings is 1. The van der Waals surface area contributed by atoms with E-state index in [1.807, 2.05) is 19.2 Å². The van der Waals surface area contributed by atoms with Crippen LogP contribution in [-0.4, -0.2) is 48.9 Å². The first-order chi connectivity index (χ1) is 9.11. The highest BCUT2D eigenvalue weighted by Gasteiger charge is 2.24. The van der Waals surface area contributed by atoms with Crippen LogP contribution in [0.5, 0.6) is 0 Å². The number of likely N-dealkylation sites (tertiary alicyclic amines) is 1. The van der Waals surface area contributed by atoms with Crippen LogP contribution in [0, 0.1) is 0 Å². The van der Waals surface area contributed by atoms with Crippen LogP contribution in [0.3, 0.4) is 0 Å². The van der Waals surface area contributed by atoms with Crippen LogP contribution in [0.25, 0.3) is 0 Å². The number of nitrogens with one attached hydrogen (secondary N) is 1. The zero-order valence-electron chi connectivity index (χ0n) is 11.6. The smallest absolute Gasteiger partial charge is 0.253 e. The van der Waals surface area contributed by atoms with Gasteiger partial charge in [0.25, 0.3) is 5.91 Å². The highest BCUT2D eigenvalue weighted by molar-refractivity contribution is 5.94. The van der Waals surface area contributed by atoms with Gasteiger partial charge in [-0.15, -0.1) is 0 Å². The maximum absolute atomic E-state index is 12.3. The van der Waals surface area contributed by atoms with E-state index in [2.05, 4.69) is 17.4 Å². The summed E-state index contributed by atoms with van der Waals surface area (Å²) in [4.78, 5) is 16.4. The molecule has 1 aromatic rings. The Morgan fingerprint density at radius 1 is 1.47 bits per heavy atom. The van der Waals surface area contributed by atoms with Crippen molar-refractivity contribution >= 4 is 11.6 Å². The first-order valence-electron chi connectivity index (χ1n) is 6.64. The van der Waals surface area contributed by atoms with Gasteiger partial charge in [-0.3, -0.25) is 10.6 Å². The normalized spacial score (nSPS) is 19.4. The van der Waals surface area contributed by atoms with Crippen LogP contribution >= 0.6 is 0 Å². The molecule has 1 saturated heterocycles. The van der Waals surface area contributed by atoms with Crippen LogP contribution in [-0.2, 0) is 0 Å². The van der Waals surface area contributed by atoms with Gasteiger partial charge in [0, 0.05) is 30.9 Å². The maximum atomic E-state index is 12.3. The fourth-order valence-corrected chi connectivity index (χ4v) is 2.54. The summed E-state index contributed by atoms with van der Waals surface area (Å²) < 4.78 is 0. The summed E-state index contributed by atoms with van der Waals surface area (Å²) in [7, 11) is 3.99. The van der Waals surface area contributed by atoms with Gasteiger partial charge in [-0.05, 0) is 50.7 Å². The lowest BCUT2D eigenvalue weighted by Crippen LogP contribution is -2.39. The number of nitrogens with zero attached hydrogens (tertiary/aromatic N) is 2. The molecular weight excluding hydrogens is 240 g/mol. The third-order valence-corrected chi connectivity index (χ3v) is 3.80. The summed E-state index contributed by atoms with van der Waals surface area (Å²) in [6.45, 7) is 1.91. The Kier molecular flexibility index (Phi) is 4.39. The van der Waals surface area contributed by atoms with Crippen LogP contribution < -0.4 is 11.3 Å². The molecule has 1 heterocycles. The highest BCUT2D eigenvalue weighted by Crippen LogP contribution is 2.17. The van der Waals surface area contributed by atoms with Gasteiger partial charge in [0.1, 0.15) is 0 Å². The second-order valence-corrected chi connectivity index (χ2v) is 5.18. The van der Waals surface area contributed by atoms with Gasteiger partial charge >= 0.3 is 0 Å². The van der Waals surface area contributed by atoms with Crippen molar-refractivity contribution in [3.63, 3.8) is 0 Å². The molecule has 0 aliphatic carbocycles. The molecular formula is C14H22N4O. The number of hydrogen-bond donors (Lipinski definition) is 2. The fourth-order valence-electron chi connectivity index (χ4n) is 2.54. The van der Waals surface area contributed by atoms with Crippen molar-refractivity contribution in [1.29, 1.82) is 0 Å². The summed E-state index contributed by atoms with van der Waals surface area (Å²) in [6, 6.07) is 7.70. The van der Waals surface area contributed by atoms with E-state index in [0.29, 0.717) is 11.6 Å². The lowest BCUT2D eigenvalue weighted by molar-refractivity contribution is 0.0761. The number of rotatable bonds is 4. The van der Waals surface area contributed by atoms with E-state index >= 15 is 0 Å². The van der Waals surface area contributed by atoms with Crippen LogP contribution in [0.15, 0.2) is 24.3 Å². The quantitative estimate of drug-likeness (QED) is 0.631. The molecule has 3 N–H and O–H groups in total. The number of hydrazine groups is 1. The monoisotopic (exact) mass is 262 g/mol. The molecule has 0 bridgehead atoms. The van der Waals surface area contributed by atoms with E-state index in [-0.39, 0.29) is 5.91 Å². The molecule has 1 atom stereocenters. The SMILES string of the molecule is CN(CC1CCCN1C)C(=O)c1ccc(NN)cc1. The van der Waals surface area contributed by atoms with Crippen molar-refractivity contribution in [2.24, 2.45) is 5.84 Å². The number of nitrogen functional groups attached to an aromatic ring is 1. The van der Waals surface area contributed by atoms with Crippen molar-refractivity contribution in [3.8, 4) is 0 Å². The molecule has 0 spiro atoms. The van der Waals surface area contributed by atoms with Crippen molar-refractivity contribution < 1.29 is 4.79 Å². The van der Waals surface area contributed by atoms with Crippen molar-refractivity contribution in [2.45, 2.75) is 18.9 Å². The number of carbonyl (C=O) groups is 1. The molecule has 1 aliphatic rings. The average molecular weight is 262 g/mol. The molecule has 5 nitrogen and oxygen atoms in total. The van der Waals surface area contributed by atoms with Crippen molar-refractivity contribution in [1.82, 2.24) is 9.80 Å². The molecule has 2 rings (SSSR count). The van der Waals surface area contributed by atoms with Crippen molar-refractivity contribution in [2.75, 3.05) is 32.6 Å². The summed E-state index contributed by atoms with van der Waals surface area (Å²) >= 11 is 0. The zero-order chi connectivity index (χ0) is 13.8. The molecule has 104 valence electrons. The van der Waals surface area contributed by atoms with Crippen molar-refractivity contribution in [3.05, 3.63) is 29.8 Å². The Balaban J connectivity index is 1.97. The van der Waals surface area contributed by atoms with Gasteiger partial charge in [-0.25, -0.2) is 0 Å². The zero-order valence-corrected chi connectivity index (χ0v) is 11.6. The highest BCUT2D eigenvalue weighted by atomic mass is 16.2. The standard InChI is InChI=1S/C14H22N4O/c1-17-9-3-4-13(17)10-18(2)14(19)11-5-7-12(16-15)8-6-11/h5-8,13,16H,3-4,9-10,15H2,1-2H3. The Hall–Kier alpha value is -1.59. The van der Waals surface area contributed by atoms with E-state index in [0.717, 1.165) is 18.8 Å². The minimum absolute atomic E-state index is 0.0591.